The lowest BCUT2D eigenvalue weighted by Gasteiger charge is -2.32. The number of nitrogens with one attached hydrogen (secondary N) is 1. The van der Waals surface area contributed by atoms with Crippen LogP contribution < -0.4 is 5.32 Å². The van der Waals surface area contributed by atoms with Crippen LogP contribution in [-0.2, 0) is 9.47 Å². The summed E-state index contributed by atoms with van der Waals surface area (Å²) in [6.45, 7) is 19.1. The Balaban J connectivity index is 2.10. The van der Waals surface area contributed by atoms with E-state index in [9.17, 15) is 0 Å². The topological polar surface area (TPSA) is 42.8 Å². The third-order valence-electron chi connectivity index (χ3n) is 4.68. The zero-order chi connectivity index (χ0) is 16.1. The number of ether oxygens (including phenoxy) is 2. The minimum Gasteiger partial charge on any atom is -0.478 e. The minimum absolute atomic E-state index is 0.0424. The number of aliphatic imine (C=N–C) groups is 1. The molecule has 2 aliphatic rings. The lowest BCUT2D eigenvalue weighted by molar-refractivity contribution is 0.0305. The quantitative estimate of drug-likeness (QED) is 0.851. The second-order valence-electron chi connectivity index (χ2n) is 9.15. The fourth-order valence-electron chi connectivity index (χ4n) is 2.67. The predicted molar refractivity (Wildman–Crippen MR) is 86.5 cm³/mol. The smallest absolute Gasteiger partial charge is 0.193 e. The Morgan fingerprint density at radius 2 is 1.57 bits per heavy atom. The van der Waals surface area contributed by atoms with Gasteiger partial charge in [-0.15, -0.1) is 0 Å². The second kappa shape index (κ2) is 5.24. The van der Waals surface area contributed by atoms with E-state index in [0.29, 0.717) is 12.6 Å². The third-order valence-corrected chi connectivity index (χ3v) is 4.68. The van der Waals surface area contributed by atoms with Crippen molar-refractivity contribution in [2.75, 3.05) is 13.2 Å². The van der Waals surface area contributed by atoms with Crippen LogP contribution in [-0.4, -0.2) is 37.4 Å². The van der Waals surface area contributed by atoms with Crippen molar-refractivity contribution in [3.05, 3.63) is 0 Å². The lowest BCUT2D eigenvalue weighted by Crippen LogP contribution is -2.48. The zero-order valence-electron chi connectivity index (χ0n) is 14.9. The van der Waals surface area contributed by atoms with Crippen molar-refractivity contribution in [1.82, 2.24) is 5.32 Å². The van der Waals surface area contributed by atoms with Crippen LogP contribution in [0.1, 0.15) is 55.4 Å². The highest BCUT2D eigenvalue weighted by atomic mass is 16.5. The van der Waals surface area contributed by atoms with E-state index in [2.05, 4.69) is 60.7 Å². The molecule has 2 rings (SSSR count). The van der Waals surface area contributed by atoms with E-state index in [-0.39, 0.29) is 28.5 Å². The first-order valence-corrected chi connectivity index (χ1v) is 8.01. The molecule has 4 heteroatoms. The van der Waals surface area contributed by atoms with Gasteiger partial charge in [0.2, 0.25) is 0 Å². The Bertz CT molecular complexity index is 415. The maximum absolute atomic E-state index is 6.02. The summed E-state index contributed by atoms with van der Waals surface area (Å²) < 4.78 is 11.9. The van der Waals surface area contributed by atoms with Gasteiger partial charge < -0.3 is 9.47 Å². The second-order valence-corrected chi connectivity index (χ2v) is 9.15. The van der Waals surface area contributed by atoms with E-state index in [1.54, 1.807) is 0 Å². The van der Waals surface area contributed by atoms with E-state index in [4.69, 9.17) is 14.5 Å². The van der Waals surface area contributed by atoms with Gasteiger partial charge in [0.05, 0.1) is 18.1 Å². The first-order valence-electron chi connectivity index (χ1n) is 8.01. The molecule has 2 heterocycles. The fraction of sp³-hybridized carbons (Fsp3) is 0.941. The molecule has 21 heavy (non-hydrogen) atoms. The largest absolute Gasteiger partial charge is 0.478 e. The molecule has 0 aromatic carbocycles. The van der Waals surface area contributed by atoms with Crippen molar-refractivity contribution in [2.45, 2.75) is 73.7 Å². The minimum atomic E-state index is -0.250. The van der Waals surface area contributed by atoms with Gasteiger partial charge in [-0.1, -0.05) is 41.5 Å². The van der Waals surface area contributed by atoms with Crippen molar-refractivity contribution in [1.29, 1.82) is 0 Å². The molecule has 0 bridgehead atoms. The molecule has 1 N–H and O–H groups in total. The van der Waals surface area contributed by atoms with Crippen molar-refractivity contribution in [3.63, 3.8) is 0 Å². The summed E-state index contributed by atoms with van der Waals surface area (Å²) >= 11 is 0. The lowest BCUT2D eigenvalue weighted by atomic mass is 9.86. The molecule has 1 saturated heterocycles. The van der Waals surface area contributed by atoms with Gasteiger partial charge in [-0.3, -0.25) is 5.32 Å². The standard InChI is InChI=1S/C17H32N2O2/c1-15(2,3)11-9-20-13(18-11)17(7,8)14-19-12(10-21-14)16(4,5)6/h11-13,18H,9-10H2,1-8H3/t11-,12-,13?/m1/s1. The monoisotopic (exact) mass is 296 g/mol. The van der Waals surface area contributed by atoms with Gasteiger partial charge in [0.25, 0.3) is 0 Å². The molecule has 1 unspecified atom stereocenters. The average Bonchev–Trinajstić information content (AvgIpc) is 2.97. The number of hydrogen-bond donors (Lipinski definition) is 1. The normalized spacial score (nSPS) is 31.2. The Morgan fingerprint density at radius 3 is 2.00 bits per heavy atom. The summed E-state index contributed by atoms with van der Waals surface area (Å²) in [6, 6.07) is 0.591. The Morgan fingerprint density at radius 1 is 0.952 bits per heavy atom. The molecule has 0 amide bonds. The van der Waals surface area contributed by atoms with Gasteiger partial charge in [0.1, 0.15) is 12.8 Å². The highest BCUT2D eigenvalue weighted by Gasteiger charge is 2.46. The summed E-state index contributed by atoms with van der Waals surface area (Å²) in [4.78, 5) is 4.84. The predicted octanol–water partition coefficient (Wildman–Crippen LogP) is 3.22. The molecule has 122 valence electrons. The maximum Gasteiger partial charge on any atom is 0.193 e. The molecule has 0 aromatic heterocycles. The van der Waals surface area contributed by atoms with Crippen LogP contribution in [0.2, 0.25) is 0 Å². The van der Waals surface area contributed by atoms with Crippen LogP contribution in [0.4, 0.5) is 0 Å². The van der Waals surface area contributed by atoms with Crippen LogP contribution in [0.3, 0.4) is 0 Å². The number of rotatable bonds is 2. The zero-order valence-corrected chi connectivity index (χ0v) is 14.9. The van der Waals surface area contributed by atoms with Crippen LogP contribution in [0.25, 0.3) is 0 Å². The third kappa shape index (κ3) is 3.42. The Labute approximate surface area is 129 Å². The van der Waals surface area contributed by atoms with Gasteiger partial charge in [-0.2, -0.15) is 0 Å². The number of nitrogens with zero attached hydrogens (tertiary/aromatic N) is 1. The molecule has 0 spiro atoms. The van der Waals surface area contributed by atoms with Gasteiger partial charge in [0.15, 0.2) is 5.90 Å². The molecule has 0 aromatic rings. The molecular weight excluding hydrogens is 264 g/mol. The molecule has 2 aliphatic heterocycles. The first kappa shape index (κ1) is 16.8. The molecule has 0 aliphatic carbocycles. The van der Waals surface area contributed by atoms with Crippen molar-refractivity contribution < 1.29 is 9.47 Å². The summed E-state index contributed by atoms with van der Waals surface area (Å²) in [5.41, 5.74) is 0.0762. The highest BCUT2D eigenvalue weighted by molar-refractivity contribution is 5.84. The first-order chi connectivity index (χ1) is 9.42. The van der Waals surface area contributed by atoms with E-state index in [1.807, 2.05) is 0 Å². The summed E-state index contributed by atoms with van der Waals surface area (Å²) in [7, 11) is 0. The van der Waals surface area contributed by atoms with Gasteiger partial charge in [-0.05, 0) is 24.7 Å². The van der Waals surface area contributed by atoms with Crippen LogP contribution in [0.15, 0.2) is 4.99 Å². The van der Waals surface area contributed by atoms with Crippen molar-refractivity contribution in [3.8, 4) is 0 Å². The SMILES string of the molecule is CC(C)(C1=N[C@@H](C(C)(C)C)CO1)C1N[C@@H](C(C)(C)C)CO1. The van der Waals surface area contributed by atoms with Crippen LogP contribution in [0, 0.1) is 16.2 Å². The van der Waals surface area contributed by atoms with Crippen molar-refractivity contribution >= 4 is 5.90 Å². The fourth-order valence-corrected chi connectivity index (χ4v) is 2.67. The molecule has 0 radical (unpaired) electrons. The number of hydrogen-bond acceptors (Lipinski definition) is 4. The van der Waals surface area contributed by atoms with Gasteiger partial charge >= 0.3 is 0 Å². The molecule has 4 nitrogen and oxygen atoms in total. The van der Waals surface area contributed by atoms with E-state index < -0.39 is 0 Å². The van der Waals surface area contributed by atoms with Gasteiger partial charge in [-0.25, -0.2) is 4.99 Å². The average molecular weight is 296 g/mol. The van der Waals surface area contributed by atoms with E-state index in [0.717, 1.165) is 12.5 Å². The molecular formula is C17H32N2O2. The Kier molecular flexibility index (Phi) is 4.18. The summed E-state index contributed by atoms with van der Waals surface area (Å²) in [6.07, 6.45) is -0.0424. The molecule has 0 saturated carbocycles. The Hall–Kier alpha value is -0.610. The van der Waals surface area contributed by atoms with Gasteiger partial charge in [0, 0.05) is 6.04 Å². The van der Waals surface area contributed by atoms with Crippen LogP contribution in [0.5, 0.6) is 0 Å². The molecule has 3 atom stereocenters. The maximum atomic E-state index is 6.02. The van der Waals surface area contributed by atoms with Crippen LogP contribution >= 0.6 is 0 Å². The van der Waals surface area contributed by atoms with E-state index in [1.165, 1.54) is 0 Å². The summed E-state index contributed by atoms with van der Waals surface area (Å²) in [5.74, 6) is 0.828. The summed E-state index contributed by atoms with van der Waals surface area (Å²) in [5, 5.41) is 3.62. The molecule has 1 fully saturated rings. The van der Waals surface area contributed by atoms with Crippen molar-refractivity contribution in [2.24, 2.45) is 21.2 Å². The van der Waals surface area contributed by atoms with E-state index >= 15 is 0 Å². The highest BCUT2D eigenvalue weighted by Crippen LogP contribution is 2.36.